The second kappa shape index (κ2) is 47.9. The lowest BCUT2D eigenvalue weighted by Crippen LogP contribution is -2.32. The standard InChI is InChI=1S/C10H16N2.C9H19N.2C8H13N3.C8H17NO.C8H17N.C7H13N3.C6H10N2/c1-9(2)11-8-6-10-5-3-4-7-12-10;1-7(2)10-9-5-4-8(3)6-9;1-7(2)11-5-8-3-9-6-10-4-8;1-7(2)9-6-8-4-3-5-10-11-8;1-8(2)9-4-3-6-10-7-5-9;1-7(2)9-8-5-3-4-6-8;1-6(2)8-5-7-3-4-9-10-7;1-5(2)6-3-4-7-8-6/h3-5,7,9,11H,6,8H2,1-2H3;7-10H,4-6H2,1-3H3;3-4,6-7,11H,5H2,1-2H3;3-5,7,9H,6H2,1-2H3;8H,3-7H2,1-2H3;7-9H,3-6H2,1-2H3;3-4,6,8H,5H2,1-2H3,(H,9,10);3-5H,1-2H3,(H,7,8). The van der Waals surface area contributed by atoms with E-state index in [-0.39, 0.29) is 0 Å². The van der Waals surface area contributed by atoms with E-state index in [9.17, 15) is 0 Å². The van der Waals surface area contributed by atoms with Crippen LogP contribution in [0.15, 0.2) is 86.0 Å². The van der Waals surface area contributed by atoms with Crippen molar-refractivity contribution in [1.82, 2.24) is 82.3 Å². The average Bonchev–Trinajstić information content (AvgIpc) is 4.30. The van der Waals surface area contributed by atoms with Gasteiger partial charge in [-0.05, 0) is 101 Å². The van der Waals surface area contributed by atoms with Gasteiger partial charge in [0.1, 0.15) is 6.33 Å². The summed E-state index contributed by atoms with van der Waals surface area (Å²) >= 11 is 0. The van der Waals surface area contributed by atoms with Crippen LogP contribution >= 0.6 is 0 Å². The van der Waals surface area contributed by atoms with Crippen molar-refractivity contribution in [3.05, 3.63) is 114 Å². The first-order valence-corrected chi connectivity index (χ1v) is 30.9. The minimum absolute atomic E-state index is 0.497. The fraction of sp³-hybridized carbons (Fsp3) is 0.703. The number of aromatic nitrogens is 9. The first kappa shape index (κ1) is 74.4. The largest absolute Gasteiger partial charge is 0.380 e. The van der Waals surface area contributed by atoms with Crippen LogP contribution in [0.2, 0.25) is 0 Å². The molecule has 1 aliphatic heterocycles. The highest BCUT2D eigenvalue weighted by Gasteiger charge is 2.21. The molecule has 0 aromatic carbocycles. The Kier molecular flexibility index (Phi) is 44.0. The third kappa shape index (κ3) is 44.6. The van der Waals surface area contributed by atoms with Crippen LogP contribution in [0.1, 0.15) is 203 Å². The Morgan fingerprint density at radius 1 is 0.568 bits per heavy atom. The van der Waals surface area contributed by atoms with Crippen LogP contribution in [0.25, 0.3) is 0 Å². The quantitative estimate of drug-likeness (QED) is 0.0387. The summed E-state index contributed by atoms with van der Waals surface area (Å²) in [6.07, 6.45) is 24.3. The molecule has 0 bridgehead atoms. The predicted molar refractivity (Wildman–Crippen MR) is 340 cm³/mol. The number of ether oxygens (including phenoxy) is 1. The van der Waals surface area contributed by atoms with Crippen LogP contribution in [-0.4, -0.2) is 138 Å². The zero-order valence-corrected chi connectivity index (χ0v) is 53.9. The van der Waals surface area contributed by atoms with Gasteiger partial charge in [0.2, 0.25) is 0 Å². The minimum atomic E-state index is 0.497. The van der Waals surface area contributed by atoms with E-state index in [4.69, 9.17) is 4.74 Å². The van der Waals surface area contributed by atoms with Crippen LogP contribution in [-0.2, 0) is 30.8 Å². The van der Waals surface area contributed by atoms with Crippen LogP contribution in [0.3, 0.4) is 0 Å². The molecule has 3 aliphatic rings. The zero-order chi connectivity index (χ0) is 60.0. The van der Waals surface area contributed by atoms with Gasteiger partial charge in [0, 0.05) is 166 Å². The summed E-state index contributed by atoms with van der Waals surface area (Å²) in [4.78, 5) is 14.5. The Morgan fingerprint density at radius 3 is 1.69 bits per heavy atom. The summed E-state index contributed by atoms with van der Waals surface area (Å²) in [5.41, 5.74) is 5.60. The van der Waals surface area contributed by atoms with Gasteiger partial charge >= 0.3 is 0 Å². The number of aromatic amines is 2. The maximum absolute atomic E-state index is 5.33. The van der Waals surface area contributed by atoms with E-state index in [0.717, 1.165) is 93.0 Å². The number of hydrogen-bond acceptors (Lipinski definition) is 15. The molecule has 6 heterocycles. The van der Waals surface area contributed by atoms with Gasteiger partial charge in [0.05, 0.1) is 12.3 Å². The summed E-state index contributed by atoms with van der Waals surface area (Å²) in [6.45, 7) is 44.7. The summed E-state index contributed by atoms with van der Waals surface area (Å²) in [5.74, 6) is 1.52. The number of nitrogens with one attached hydrogen (secondary N) is 8. The molecule has 0 amide bonds. The van der Waals surface area contributed by atoms with E-state index in [1.165, 1.54) is 63.6 Å². The Morgan fingerprint density at radius 2 is 1.19 bits per heavy atom. The minimum Gasteiger partial charge on any atom is -0.380 e. The Labute approximate surface area is 493 Å². The number of hydrogen-bond donors (Lipinski definition) is 8. The molecule has 5 aromatic heterocycles. The molecule has 81 heavy (non-hydrogen) atoms. The van der Waals surface area contributed by atoms with E-state index in [1.54, 1.807) is 24.9 Å². The number of nitrogens with zero attached hydrogens (tertiary/aromatic N) is 8. The lowest BCUT2D eigenvalue weighted by atomic mass is 10.1. The van der Waals surface area contributed by atoms with Crippen molar-refractivity contribution in [1.29, 1.82) is 0 Å². The van der Waals surface area contributed by atoms with E-state index in [2.05, 4.69) is 206 Å². The van der Waals surface area contributed by atoms with Gasteiger partial charge in [-0.15, -0.1) is 0 Å². The maximum atomic E-state index is 5.33. The van der Waals surface area contributed by atoms with Gasteiger partial charge in [-0.3, -0.25) is 20.1 Å². The third-order valence-electron chi connectivity index (χ3n) is 12.9. The molecule has 1 saturated heterocycles. The lowest BCUT2D eigenvalue weighted by Gasteiger charge is -2.23. The van der Waals surface area contributed by atoms with Gasteiger partial charge in [-0.25, -0.2) is 9.97 Å². The molecule has 17 heteroatoms. The highest BCUT2D eigenvalue weighted by Crippen LogP contribution is 2.24. The van der Waals surface area contributed by atoms with Crippen LogP contribution in [0, 0.1) is 5.92 Å². The van der Waals surface area contributed by atoms with Crippen molar-refractivity contribution in [2.24, 2.45) is 5.92 Å². The van der Waals surface area contributed by atoms with Gasteiger partial charge in [-0.2, -0.15) is 20.4 Å². The average molecular weight is 1130 g/mol. The summed E-state index contributed by atoms with van der Waals surface area (Å²) in [6, 6.07) is 19.6. The lowest BCUT2D eigenvalue weighted by molar-refractivity contribution is 0.136. The molecule has 8 rings (SSSR count). The number of H-pyrrole nitrogens is 2. The van der Waals surface area contributed by atoms with Crippen molar-refractivity contribution in [2.75, 3.05) is 32.8 Å². The fourth-order valence-corrected chi connectivity index (χ4v) is 8.48. The van der Waals surface area contributed by atoms with E-state index in [1.807, 2.05) is 55.0 Å². The first-order chi connectivity index (χ1) is 38.7. The molecule has 17 nitrogen and oxygen atoms in total. The normalized spacial score (nSPS) is 16.2. The second-order valence-electron chi connectivity index (χ2n) is 23.8. The second-order valence-corrected chi connectivity index (χ2v) is 23.8. The van der Waals surface area contributed by atoms with Crippen LogP contribution in [0.5, 0.6) is 0 Å². The Bertz CT molecular complexity index is 1990. The van der Waals surface area contributed by atoms with Gasteiger partial charge in [-0.1, -0.05) is 123 Å². The SMILES string of the molecule is CC(C)N1CCCOCC1.CC(C)NC1CCCC1.CC(C)NCCc1ccccn1.CC(C)NCc1cccnn1.CC(C)NCc1ccn[nH]1.CC(C)NCc1cncnc1.CC(C)c1ccn[nH]1.CC1CCC(NC(C)C)C1. The molecule has 0 spiro atoms. The molecule has 8 N–H and O–H groups in total. The number of pyridine rings is 1. The zero-order valence-electron chi connectivity index (χ0n) is 53.9. The molecule has 2 unspecified atom stereocenters. The number of rotatable bonds is 19. The molecule has 0 radical (unpaired) electrons. The summed E-state index contributed by atoms with van der Waals surface area (Å²) in [7, 11) is 0. The molecule has 2 atom stereocenters. The monoisotopic (exact) mass is 1130 g/mol. The smallest absolute Gasteiger partial charge is 0.115 e. The summed E-state index contributed by atoms with van der Waals surface area (Å²) in [5, 5.41) is 41.4. The topological polar surface area (TPSA) is 206 Å². The van der Waals surface area contributed by atoms with Crippen molar-refractivity contribution in [3.8, 4) is 0 Å². The predicted octanol–water partition coefficient (Wildman–Crippen LogP) is 11.2. The van der Waals surface area contributed by atoms with Crippen molar-refractivity contribution >= 4 is 0 Å². The van der Waals surface area contributed by atoms with Crippen molar-refractivity contribution < 1.29 is 4.74 Å². The van der Waals surface area contributed by atoms with Crippen molar-refractivity contribution in [3.63, 3.8) is 0 Å². The van der Waals surface area contributed by atoms with E-state index >= 15 is 0 Å². The molecular formula is C64H118N16O. The van der Waals surface area contributed by atoms with Crippen LogP contribution < -0.4 is 31.9 Å². The molecule has 5 aromatic rings. The molecule has 460 valence electrons. The molecule has 3 fully saturated rings. The Balaban J connectivity index is 0.000000464. The molecule has 2 saturated carbocycles. The fourth-order valence-electron chi connectivity index (χ4n) is 8.48. The Hall–Kier alpha value is -4.59. The molecular weight excluding hydrogens is 1010 g/mol. The molecule has 2 aliphatic carbocycles. The van der Waals surface area contributed by atoms with Gasteiger partial charge in [0.15, 0.2) is 0 Å². The highest BCUT2D eigenvalue weighted by atomic mass is 16.5. The van der Waals surface area contributed by atoms with Crippen molar-refractivity contribution in [2.45, 2.75) is 255 Å². The summed E-state index contributed by atoms with van der Waals surface area (Å²) < 4.78 is 5.33. The van der Waals surface area contributed by atoms with Gasteiger partial charge in [0.25, 0.3) is 0 Å². The van der Waals surface area contributed by atoms with E-state index in [0.29, 0.717) is 48.2 Å². The third-order valence-corrected chi connectivity index (χ3v) is 12.9. The highest BCUT2D eigenvalue weighted by molar-refractivity contribution is 5.04. The van der Waals surface area contributed by atoms with Gasteiger partial charge < -0.3 is 36.6 Å². The van der Waals surface area contributed by atoms with Crippen LogP contribution in [0.4, 0.5) is 0 Å². The maximum Gasteiger partial charge on any atom is 0.115 e. The first-order valence-electron chi connectivity index (χ1n) is 30.9. The van der Waals surface area contributed by atoms with E-state index < -0.39 is 0 Å².